The van der Waals surface area contributed by atoms with Gasteiger partial charge in [-0.2, -0.15) is 4.98 Å². The maximum Gasteiger partial charge on any atom is 0.349 e. The third-order valence-electron chi connectivity index (χ3n) is 2.12. The lowest BCUT2D eigenvalue weighted by Crippen LogP contribution is -2.02. The topological polar surface area (TPSA) is 117 Å². The molecule has 0 fully saturated rings. The van der Waals surface area contributed by atoms with Gasteiger partial charge in [-0.05, 0) is 19.1 Å². The maximum atomic E-state index is 10.8. The normalized spacial score (nSPS) is 10.1. The molecule has 2 aromatic heterocycles. The first-order valence-corrected chi connectivity index (χ1v) is 4.94. The minimum absolute atomic E-state index is 0.0999. The van der Waals surface area contributed by atoms with Crippen molar-refractivity contribution in [3.63, 3.8) is 0 Å². The average Bonchev–Trinajstić information content (AvgIpc) is 2.32. The van der Waals surface area contributed by atoms with Gasteiger partial charge in [0.15, 0.2) is 5.75 Å². The molecule has 0 atom stereocenters. The van der Waals surface area contributed by atoms with E-state index in [-0.39, 0.29) is 17.5 Å². The Morgan fingerprint density at radius 1 is 1.44 bits per heavy atom. The third kappa shape index (κ3) is 2.32. The van der Waals surface area contributed by atoms with Gasteiger partial charge >= 0.3 is 11.6 Å². The van der Waals surface area contributed by atoms with Crippen LogP contribution in [0.3, 0.4) is 0 Å². The molecule has 8 heteroatoms. The summed E-state index contributed by atoms with van der Waals surface area (Å²) in [4.78, 5) is 21.4. The van der Waals surface area contributed by atoms with Crippen LogP contribution in [-0.4, -0.2) is 19.9 Å². The first-order valence-electron chi connectivity index (χ1n) is 4.94. The van der Waals surface area contributed by atoms with Crippen molar-refractivity contribution in [2.75, 3.05) is 5.73 Å². The lowest BCUT2D eigenvalue weighted by Gasteiger charge is -2.06. The van der Waals surface area contributed by atoms with Gasteiger partial charge in [-0.15, -0.1) is 0 Å². The largest absolute Gasteiger partial charge is 0.432 e. The highest BCUT2D eigenvalue weighted by atomic mass is 16.6. The smallest absolute Gasteiger partial charge is 0.349 e. The first-order chi connectivity index (χ1) is 8.58. The predicted octanol–water partition coefficient (Wildman–Crippen LogP) is 1.46. The number of rotatable bonds is 3. The van der Waals surface area contributed by atoms with Crippen LogP contribution >= 0.6 is 0 Å². The molecular formula is C10H9N5O3. The van der Waals surface area contributed by atoms with Crippen molar-refractivity contribution in [3.8, 4) is 11.6 Å². The van der Waals surface area contributed by atoms with Crippen molar-refractivity contribution in [2.45, 2.75) is 6.92 Å². The fourth-order valence-electron chi connectivity index (χ4n) is 1.25. The van der Waals surface area contributed by atoms with Crippen LogP contribution in [0.2, 0.25) is 0 Å². The van der Waals surface area contributed by atoms with Gasteiger partial charge in [0.1, 0.15) is 6.20 Å². The van der Waals surface area contributed by atoms with Crippen molar-refractivity contribution >= 4 is 11.6 Å². The number of aryl methyl sites for hydroxylation is 1. The summed E-state index contributed by atoms with van der Waals surface area (Å²) in [6, 6.07) is 3.28. The molecule has 0 bridgehead atoms. The quantitative estimate of drug-likeness (QED) is 0.644. The van der Waals surface area contributed by atoms with E-state index in [9.17, 15) is 10.1 Å². The SMILES string of the molecule is Cc1ncccc1Oc1nc(N)ncc1[N+](=O)[O-]. The molecule has 0 aliphatic heterocycles. The van der Waals surface area contributed by atoms with Gasteiger partial charge < -0.3 is 10.5 Å². The lowest BCUT2D eigenvalue weighted by molar-refractivity contribution is -0.386. The summed E-state index contributed by atoms with van der Waals surface area (Å²) in [6.45, 7) is 1.71. The van der Waals surface area contributed by atoms with Crippen molar-refractivity contribution in [3.05, 3.63) is 40.3 Å². The molecule has 0 spiro atoms. The number of anilines is 1. The lowest BCUT2D eigenvalue weighted by atomic mass is 10.3. The van der Waals surface area contributed by atoms with E-state index < -0.39 is 4.92 Å². The summed E-state index contributed by atoms with van der Waals surface area (Å²) in [6.07, 6.45) is 2.59. The summed E-state index contributed by atoms with van der Waals surface area (Å²) >= 11 is 0. The van der Waals surface area contributed by atoms with E-state index in [0.29, 0.717) is 11.4 Å². The van der Waals surface area contributed by atoms with Crippen LogP contribution in [0.4, 0.5) is 11.6 Å². The van der Waals surface area contributed by atoms with Crippen LogP contribution in [0.25, 0.3) is 0 Å². The average molecular weight is 247 g/mol. The third-order valence-corrected chi connectivity index (χ3v) is 2.12. The number of ether oxygens (including phenoxy) is 1. The second-order valence-corrected chi connectivity index (χ2v) is 3.36. The molecule has 0 unspecified atom stereocenters. The van der Waals surface area contributed by atoms with E-state index in [4.69, 9.17) is 10.5 Å². The highest BCUT2D eigenvalue weighted by Gasteiger charge is 2.19. The molecule has 2 N–H and O–H groups in total. The molecule has 2 aromatic rings. The Bertz CT molecular complexity index is 602. The van der Waals surface area contributed by atoms with Crippen LogP contribution in [0.15, 0.2) is 24.5 Å². The van der Waals surface area contributed by atoms with Gasteiger partial charge in [0.2, 0.25) is 5.95 Å². The number of hydrogen-bond acceptors (Lipinski definition) is 7. The van der Waals surface area contributed by atoms with E-state index in [1.54, 1.807) is 25.3 Å². The monoisotopic (exact) mass is 247 g/mol. The zero-order valence-corrected chi connectivity index (χ0v) is 9.40. The molecule has 0 aromatic carbocycles. The Morgan fingerprint density at radius 2 is 2.22 bits per heavy atom. The molecule has 8 nitrogen and oxygen atoms in total. The Morgan fingerprint density at radius 3 is 2.89 bits per heavy atom. The summed E-state index contributed by atoms with van der Waals surface area (Å²) in [5, 5.41) is 10.8. The molecule has 2 heterocycles. The Hall–Kier alpha value is -2.77. The molecule has 2 rings (SSSR count). The van der Waals surface area contributed by atoms with E-state index in [0.717, 1.165) is 6.20 Å². The number of nitrogens with two attached hydrogens (primary N) is 1. The van der Waals surface area contributed by atoms with E-state index in [1.165, 1.54) is 0 Å². The standard InChI is InChI=1S/C10H9N5O3/c1-6-8(3-2-4-12-6)18-9-7(15(16)17)5-13-10(11)14-9/h2-5H,1H3,(H2,11,13,14). The number of pyridine rings is 1. The van der Waals surface area contributed by atoms with Gasteiger partial charge in [-0.3, -0.25) is 15.1 Å². The number of nitro groups is 1. The molecule has 0 amide bonds. The van der Waals surface area contributed by atoms with Crippen LogP contribution < -0.4 is 10.5 Å². The van der Waals surface area contributed by atoms with E-state index in [1.807, 2.05) is 0 Å². The second kappa shape index (κ2) is 4.62. The van der Waals surface area contributed by atoms with Crippen molar-refractivity contribution in [1.82, 2.24) is 15.0 Å². The molecular weight excluding hydrogens is 238 g/mol. The van der Waals surface area contributed by atoms with Crippen LogP contribution in [0.5, 0.6) is 11.6 Å². The molecule has 18 heavy (non-hydrogen) atoms. The molecule has 0 saturated carbocycles. The maximum absolute atomic E-state index is 10.8. The fraction of sp³-hybridized carbons (Fsp3) is 0.100. The number of aromatic nitrogens is 3. The molecule has 0 saturated heterocycles. The van der Waals surface area contributed by atoms with Gasteiger partial charge in [-0.1, -0.05) is 0 Å². The summed E-state index contributed by atoms with van der Waals surface area (Å²) in [7, 11) is 0. The summed E-state index contributed by atoms with van der Waals surface area (Å²) in [5.74, 6) is 0.0689. The van der Waals surface area contributed by atoms with Crippen molar-refractivity contribution in [1.29, 1.82) is 0 Å². The molecule has 0 aliphatic carbocycles. The van der Waals surface area contributed by atoms with Gasteiger partial charge in [-0.25, -0.2) is 4.98 Å². The highest BCUT2D eigenvalue weighted by molar-refractivity contribution is 5.44. The highest BCUT2D eigenvalue weighted by Crippen LogP contribution is 2.29. The zero-order valence-electron chi connectivity index (χ0n) is 9.40. The van der Waals surface area contributed by atoms with Crippen molar-refractivity contribution in [2.24, 2.45) is 0 Å². The molecule has 92 valence electrons. The Kier molecular flexibility index (Phi) is 3.00. The Balaban J connectivity index is 2.42. The van der Waals surface area contributed by atoms with Crippen LogP contribution in [0.1, 0.15) is 5.69 Å². The van der Waals surface area contributed by atoms with Gasteiger partial charge in [0.05, 0.1) is 10.6 Å². The summed E-state index contributed by atoms with van der Waals surface area (Å²) < 4.78 is 5.35. The minimum atomic E-state index is -0.638. The predicted molar refractivity (Wildman–Crippen MR) is 62.1 cm³/mol. The van der Waals surface area contributed by atoms with Crippen molar-refractivity contribution < 1.29 is 9.66 Å². The van der Waals surface area contributed by atoms with Gasteiger partial charge in [0, 0.05) is 6.20 Å². The number of hydrogen-bond donors (Lipinski definition) is 1. The fourth-order valence-corrected chi connectivity index (χ4v) is 1.25. The Labute approximate surface area is 102 Å². The summed E-state index contributed by atoms with van der Waals surface area (Å²) in [5.41, 5.74) is 5.61. The second-order valence-electron chi connectivity index (χ2n) is 3.36. The number of nitrogens with zero attached hydrogens (tertiary/aromatic N) is 4. The van der Waals surface area contributed by atoms with E-state index >= 15 is 0 Å². The van der Waals surface area contributed by atoms with Gasteiger partial charge in [0.25, 0.3) is 0 Å². The molecule has 0 radical (unpaired) electrons. The minimum Gasteiger partial charge on any atom is -0.432 e. The van der Waals surface area contributed by atoms with Crippen LogP contribution in [0, 0.1) is 17.0 Å². The van der Waals surface area contributed by atoms with Crippen LogP contribution in [-0.2, 0) is 0 Å². The number of nitrogen functional groups attached to an aromatic ring is 1. The van der Waals surface area contributed by atoms with E-state index in [2.05, 4.69) is 15.0 Å². The zero-order chi connectivity index (χ0) is 13.1. The first kappa shape index (κ1) is 11.7. The molecule has 0 aliphatic rings.